The fourth-order valence-electron chi connectivity index (χ4n) is 4.52. The van der Waals surface area contributed by atoms with E-state index in [1.54, 1.807) is 30.2 Å². The number of hydrogen-bond acceptors (Lipinski definition) is 6. The van der Waals surface area contributed by atoms with Crippen LogP contribution in [0.4, 0.5) is 5.69 Å². The van der Waals surface area contributed by atoms with Crippen LogP contribution in [-0.4, -0.2) is 72.7 Å². The average molecular weight is 496 g/mol. The number of nitrogens with zero attached hydrogens (tertiary/aromatic N) is 2. The number of fused-ring (bicyclic) bond motifs is 1. The first kappa shape index (κ1) is 26.0. The smallest absolute Gasteiger partial charge is 0.258 e. The molecule has 2 N–H and O–H groups in total. The summed E-state index contributed by atoms with van der Waals surface area (Å²) in [4.78, 5) is 29.8. The standard InChI is InChI=1S/C28H37N3O5/c1-18-14-31(19(2)17-32)28(34)24-13-22(29-27(33)21-7-8-21)9-12-25(24)36-26(18)16-30(3)15-20-5-10-23(35-4)11-6-20/h5-6,9-13,18-19,21,26,32H,7-8,14-17H2,1-4H3,(H,29,33)/t18-,19-,26-/m0/s1. The van der Waals surface area contributed by atoms with E-state index >= 15 is 0 Å². The van der Waals surface area contributed by atoms with Gasteiger partial charge in [-0.05, 0) is 62.7 Å². The van der Waals surface area contributed by atoms with Crippen LogP contribution in [0.25, 0.3) is 0 Å². The maximum Gasteiger partial charge on any atom is 0.258 e. The number of nitrogens with one attached hydrogen (secondary N) is 1. The van der Waals surface area contributed by atoms with E-state index in [4.69, 9.17) is 9.47 Å². The SMILES string of the molecule is COc1ccc(CN(C)C[C@@H]2Oc3ccc(NC(=O)C4CC4)cc3C(=O)N([C@@H](C)CO)C[C@@H]2C)cc1. The Morgan fingerprint density at radius 1 is 1.25 bits per heavy atom. The van der Waals surface area contributed by atoms with Gasteiger partial charge < -0.3 is 24.8 Å². The van der Waals surface area contributed by atoms with E-state index in [1.807, 2.05) is 31.2 Å². The summed E-state index contributed by atoms with van der Waals surface area (Å²) in [5.41, 5.74) is 2.15. The van der Waals surface area contributed by atoms with Gasteiger partial charge >= 0.3 is 0 Å². The molecule has 1 heterocycles. The molecule has 194 valence electrons. The van der Waals surface area contributed by atoms with Crippen LogP contribution < -0.4 is 14.8 Å². The van der Waals surface area contributed by atoms with E-state index in [1.165, 1.54) is 5.56 Å². The van der Waals surface area contributed by atoms with Crippen molar-refractivity contribution in [2.45, 2.75) is 45.4 Å². The molecule has 0 spiro atoms. The van der Waals surface area contributed by atoms with Crippen molar-refractivity contribution in [1.29, 1.82) is 0 Å². The van der Waals surface area contributed by atoms with Gasteiger partial charge in [0.25, 0.3) is 5.91 Å². The van der Waals surface area contributed by atoms with Crippen molar-refractivity contribution < 1.29 is 24.2 Å². The third kappa shape index (κ3) is 6.17. The largest absolute Gasteiger partial charge is 0.497 e. The lowest BCUT2D eigenvalue weighted by Gasteiger charge is -2.38. The number of carbonyl (C=O) groups excluding carboxylic acids is 2. The monoisotopic (exact) mass is 495 g/mol. The van der Waals surface area contributed by atoms with E-state index < -0.39 is 0 Å². The Morgan fingerprint density at radius 3 is 2.61 bits per heavy atom. The second kappa shape index (κ2) is 11.3. The first-order valence-electron chi connectivity index (χ1n) is 12.6. The van der Waals surface area contributed by atoms with Gasteiger partial charge in [0.2, 0.25) is 5.91 Å². The lowest BCUT2D eigenvalue weighted by atomic mass is 9.99. The minimum atomic E-state index is -0.340. The summed E-state index contributed by atoms with van der Waals surface area (Å²) in [6, 6.07) is 12.9. The molecule has 2 aromatic carbocycles. The number of hydrogen-bond donors (Lipinski definition) is 2. The molecule has 8 heteroatoms. The Labute approximate surface area is 213 Å². The van der Waals surface area contributed by atoms with Crippen molar-refractivity contribution >= 4 is 17.5 Å². The molecular formula is C28H37N3O5. The van der Waals surface area contributed by atoms with Crippen molar-refractivity contribution in [2.24, 2.45) is 11.8 Å². The van der Waals surface area contributed by atoms with Crippen molar-refractivity contribution in [2.75, 3.05) is 39.2 Å². The number of likely N-dealkylation sites (N-methyl/N-ethyl adjacent to an activating group) is 1. The topological polar surface area (TPSA) is 91.3 Å². The van der Waals surface area contributed by atoms with Crippen LogP contribution in [-0.2, 0) is 11.3 Å². The fraction of sp³-hybridized carbons (Fsp3) is 0.500. The normalized spacial score (nSPS) is 20.7. The van der Waals surface area contributed by atoms with E-state index in [0.717, 1.165) is 25.1 Å². The molecule has 1 fully saturated rings. The van der Waals surface area contributed by atoms with Crippen LogP contribution in [0.5, 0.6) is 11.5 Å². The van der Waals surface area contributed by atoms with Crippen molar-refractivity contribution in [3.05, 3.63) is 53.6 Å². The highest BCUT2D eigenvalue weighted by atomic mass is 16.5. The minimum Gasteiger partial charge on any atom is -0.497 e. The Hall–Kier alpha value is -3.10. The summed E-state index contributed by atoms with van der Waals surface area (Å²) in [5.74, 6) is 1.20. The van der Waals surface area contributed by atoms with Gasteiger partial charge in [0.1, 0.15) is 17.6 Å². The first-order chi connectivity index (χ1) is 17.3. The lowest BCUT2D eigenvalue weighted by molar-refractivity contribution is -0.117. The maximum atomic E-state index is 13.5. The van der Waals surface area contributed by atoms with Gasteiger partial charge in [-0.25, -0.2) is 0 Å². The highest BCUT2D eigenvalue weighted by Crippen LogP contribution is 2.33. The van der Waals surface area contributed by atoms with Crippen molar-refractivity contribution in [3.63, 3.8) is 0 Å². The quantitative estimate of drug-likeness (QED) is 0.554. The van der Waals surface area contributed by atoms with Gasteiger partial charge in [0.05, 0.1) is 25.3 Å². The molecule has 0 radical (unpaired) electrons. The van der Waals surface area contributed by atoms with E-state index in [0.29, 0.717) is 30.1 Å². The zero-order valence-corrected chi connectivity index (χ0v) is 21.6. The minimum absolute atomic E-state index is 0.0126. The van der Waals surface area contributed by atoms with E-state index in [2.05, 4.69) is 24.2 Å². The van der Waals surface area contributed by atoms with Crippen LogP contribution in [0.1, 0.15) is 42.6 Å². The number of benzene rings is 2. The zero-order chi connectivity index (χ0) is 25.8. The fourth-order valence-corrected chi connectivity index (χ4v) is 4.52. The van der Waals surface area contributed by atoms with Gasteiger partial charge in [0, 0.05) is 37.2 Å². The predicted molar refractivity (Wildman–Crippen MR) is 138 cm³/mol. The molecule has 8 nitrogen and oxygen atoms in total. The molecule has 4 rings (SSSR count). The molecule has 0 aromatic heterocycles. The van der Waals surface area contributed by atoms with Crippen LogP contribution in [0, 0.1) is 11.8 Å². The molecule has 2 aliphatic rings. The van der Waals surface area contributed by atoms with Crippen LogP contribution in [0.3, 0.4) is 0 Å². The highest BCUT2D eigenvalue weighted by molar-refractivity contribution is 6.00. The third-order valence-electron chi connectivity index (χ3n) is 6.98. The first-order valence-corrected chi connectivity index (χ1v) is 12.6. The van der Waals surface area contributed by atoms with Crippen LogP contribution in [0.2, 0.25) is 0 Å². The van der Waals surface area contributed by atoms with E-state index in [-0.39, 0.29) is 42.4 Å². The summed E-state index contributed by atoms with van der Waals surface area (Å²) < 4.78 is 11.7. The number of carbonyl (C=O) groups is 2. The number of methoxy groups -OCH3 is 1. The Balaban J connectivity index is 1.56. The summed E-state index contributed by atoms with van der Waals surface area (Å²) in [7, 11) is 3.71. The van der Waals surface area contributed by atoms with Crippen LogP contribution in [0.15, 0.2) is 42.5 Å². The molecule has 0 saturated heterocycles. The summed E-state index contributed by atoms with van der Waals surface area (Å²) >= 11 is 0. The van der Waals surface area contributed by atoms with Crippen LogP contribution >= 0.6 is 0 Å². The molecule has 2 aromatic rings. The molecule has 1 aliphatic heterocycles. The van der Waals surface area contributed by atoms with Gasteiger partial charge in [-0.3, -0.25) is 14.5 Å². The average Bonchev–Trinajstić information content (AvgIpc) is 3.72. The zero-order valence-electron chi connectivity index (χ0n) is 21.6. The number of aliphatic hydroxyl groups excluding tert-OH is 1. The molecule has 0 unspecified atom stereocenters. The molecule has 3 atom stereocenters. The predicted octanol–water partition coefficient (Wildman–Crippen LogP) is 3.40. The molecule has 1 aliphatic carbocycles. The second-order valence-corrected chi connectivity index (χ2v) is 10.1. The maximum absolute atomic E-state index is 13.5. The number of aliphatic hydroxyl groups is 1. The second-order valence-electron chi connectivity index (χ2n) is 10.1. The van der Waals surface area contributed by atoms with Gasteiger partial charge in [-0.15, -0.1) is 0 Å². The van der Waals surface area contributed by atoms with Gasteiger partial charge in [-0.2, -0.15) is 0 Å². The van der Waals surface area contributed by atoms with Crippen molar-refractivity contribution in [3.8, 4) is 11.5 Å². The Morgan fingerprint density at radius 2 is 1.97 bits per heavy atom. The highest BCUT2D eigenvalue weighted by Gasteiger charge is 2.34. The summed E-state index contributed by atoms with van der Waals surface area (Å²) in [6.07, 6.45) is 1.63. The van der Waals surface area contributed by atoms with Gasteiger partial charge in [0.15, 0.2) is 0 Å². The molecule has 0 bridgehead atoms. The number of anilines is 1. The molecule has 2 amide bonds. The lowest BCUT2D eigenvalue weighted by Crippen LogP contribution is -2.49. The Kier molecular flexibility index (Phi) is 8.16. The molecule has 1 saturated carbocycles. The number of rotatable bonds is 9. The Bertz CT molecular complexity index is 1070. The van der Waals surface area contributed by atoms with Gasteiger partial charge in [-0.1, -0.05) is 19.1 Å². The number of amides is 2. The van der Waals surface area contributed by atoms with Crippen molar-refractivity contribution in [1.82, 2.24) is 9.80 Å². The summed E-state index contributed by atoms with van der Waals surface area (Å²) in [6.45, 7) is 5.64. The number of ether oxygens (including phenoxy) is 2. The molecular weight excluding hydrogens is 458 g/mol. The summed E-state index contributed by atoms with van der Waals surface area (Å²) in [5, 5.41) is 12.8. The third-order valence-corrected chi connectivity index (χ3v) is 6.98. The van der Waals surface area contributed by atoms with E-state index in [9.17, 15) is 14.7 Å². The molecule has 36 heavy (non-hydrogen) atoms.